The fraction of sp³-hybridized carbons (Fsp3) is 0.188. The standard InChI is InChI=1S/C16H17N3O4S/c1-10(20)18-19-16(22)15-13(7-8-24-15)17-14(21)9-11-3-5-12(23-2)6-4-11/h3-8H,9H2,1-2H3,(H,17,21)(H,18,20)(H,19,22). The van der Waals surface area contributed by atoms with Crippen molar-refractivity contribution in [2.24, 2.45) is 0 Å². The van der Waals surface area contributed by atoms with Gasteiger partial charge in [-0.3, -0.25) is 25.2 Å². The highest BCUT2D eigenvalue weighted by Crippen LogP contribution is 2.22. The van der Waals surface area contributed by atoms with E-state index in [9.17, 15) is 14.4 Å². The third kappa shape index (κ3) is 4.82. The van der Waals surface area contributed by atoms with Crippen LogP contribution in [0.25, 0.3) is 0 Å². The van der Waals surface area contributed by atoms with Gasteiger partial charge in [-0.1, -0.05) is 12.1 Å². The molecule has 2 rings (SSSR count). The van der Waals surface area contributed by atoms with Crippen LogP contribution in [0.2, 0.25) is 0 Å². The lowest BCUT2D eigenvalue weighted by Crippen LogP contribution is -2.40. The molecule has 0 saturated heterocycles. The number of ether oxygens (including phenoxy) is 1. The SMILES string of the molecule is COc1ccc(CC(=O)Nc2ccsc2C(=O)NNC(C)=O)cc1. The second kappa shape index (κ2) is 8.11. The molecule has 0 bridgehead atoms. The van der Waals surface area contributed by atoms with Crippen molar-refractivity contribution >= 4 is 34.7 Å². The summed E-state index contributed by atoms with van der Waals surface area (Å²) in [6, 6.07) is 8.80. The number of anilines is 1. The first-order chi connectivity index (χ1) is 11.5. The molecule has 1 aromatic heterocycles. The van der Waals surface area contributed by atoms with Gasteiger partial charge in [0.15, 0.2) is 0 Å². The first-order valence-electron chi connectivity index (χ1n) is 7.07. The van der Waals surface area contributed by atoms with E-state index in [0.29, 0.717) is 16.3 Å². The third-order valence-electron chi connectivity index (χ3n) is 3.02. The van der Waals surface area contributed by atoms with Crippen LogP contribution in [0.4, 0.5) is 5.69 Å². The van der Waals surface area contributed by atoms with E-state index in [-0.39, 0.29) is 18.2 Å². The van der Waals surface area contributed by atoms with Crippen LogP contribution in [0.1, 0.15) is 22.2 Å². The number of benzene rings is 1. The molecule has 24 heavy (non-hydrogen) atoms. The Bertz CT molecular complexity index is 740. The van der Waals surface area contributed by atoms with Gasteiger partial charge in [0.1, 0.15) is 10.6 Å². The number of rotatable bonds is 5. The van der Waals surface area contributed by atoms with Crippen molar-refractivity contribution in [3.8, 4) is 5.75 Å². The minimum atomic E-state index is -0.486. The smallest absolute Gasteiger partial charge is 0.281 e. The van der Waals surface area contributed by atoms with Crippen LogP contribution in [-0.2, 0) is 16.0 Å². The summed E-state index contributed by atoms with van der Waals surface area (Å²) in [4.78, 5) is 35.2. The van der Waals surface area contributed by atoms with Gasteiger partial charge in [0, 0.05) is 6.92 Å². The highest BCUT2D eigenvalue weighted by molar-refractivity contribution is 7.12. The highest BCUT2D eigenvalue weighted by Gasteiger charge is 2.15. The number of thiophene rings is 1. The fourth-order valence-corrected chi connectivity index (χ4v) is 2.65. The normalized spacial score (nSPS) is 9.92. The Morgan fingerprint density at radius 1 is 1.08 bits per heavy atom. The van der Waals surface area contributed by atoms with Gasteiger partial charge in [0.2, 0.25) is 11.8 Å². The summed E-state index contributed by atoms with van der Waals surface area (Å²) in [7, 11) is 1.58. The molecular weight excluding hydrogens is 330 g/mol. The monoisotopic (exact) mass is 347 g/mol. The molecule has 2 aromatic rings. The average Bonchev–Trinajstić information content (AvgIpc) is 3.01. The molecule has 7 nitrogen and oxygen atoms in total. The Hall–Kier alpha value is -2.87. The lowest BCUT2D eigenvalue weighted by Gasteiger charge is -2.08. The number of hydrogen-bond acceptors (Lipinski definition) is 5. The lowest BCUT2D eigenvalue weighted by molar-refractivity contribution is -0.119. The number of carbonyl (C=O) groups is 3. The van der Waals surface area contributed by atoms with Crippen LogP contribution in [0.3, 0.4) is 0 Å². The van der Waals surface area contributed by atoms with Crippen molar-refractivity contribution in [1.29, 1.82) is 0 Å². The van der Waals surface area contributed by atoms with Crippen molar-refractivity contribution in [3.05, 3.63) is 46.2 Å². The number of hydrogen-bond donors (Lipinski definition) is 3. The Morgan fingerprint density at radius 3 is 2.42 bits per heavy atom. The largest absolute Gasteiger partial charge is 0.497 e. The van der Waals surface area contributed by atoms with Gasteiger partial charge >= 0.3 is 0 Å². The van der Waals surface area contributed by atoms with Gasteiger partial charge in [0.25, 0.3) is 5.91 Å². The molecule has 8 heteroatoms. The van der Waals surface area contributed by atoms with Crippen molar-refractivity contribution < 1.29 is 19.1 Å². The average molecular weight is 347 g/mol. The summed E-state index contributed by atoms with van der Waals surface area (Å²) in [5.41, 5.74) is 5.71. The van der Waals surface area contributed by atoms with Crippen LogP contribution >= 0.6 is 11.3 Å². The first-order valence-corrected chi connectivity index (χ1v) is 7.94. The molecule has 1 heterocycles. The zero-order valence-electron chi connectivity index (χ0n) is 13.2. The summed E-state index contributed by atoms with van der Waals surface area (Å²) < 4.78 is 5.07. The molecule has 0 spiro atoms. The van der Waals surface area contributed by atoms with Crippen LogP contribution in [0, 0.1) is 0 Å². The van der Waals surface area contributed by atoms with E-state index in [4.69, 9.17) is 4.74 Å². The molecule has 0 aliphatic heterocycles. The Balaban J connectivity index is 1.97. The molecule has 3 amide bonds. The Labute approximate surface area is 143 Å². The number of hydrazine groups is 1. The van der Waals surface area contributed by atoms with E-state index in [0.717, 1.165) is 5.56 Å². The van der Waals surface area contributed by atoms with E-state index in [1.165, 1.54) is 18.3 Å². The molecule has 0 aliphatic rings. The minimum absolute atomic E-state index is 0.173. The molecule has 0 atom stereocenters. The van der Waals surface area contributed by atoms with Crippen molar-refractivity contribution in [2.45, 2.75) is 13.3 Å². The molecule has 0 radical (unpaired) electrons. The Morgan fingerprint density at radius 2 is 1.79 bits per heavy atom. The predicted octanol–water partition coefficient (Wildman–Crippen LogP) is 1.72. The zero-order chi connectivity index (χ0) is 17.5. The third-order valence-corrected chi connectivity index (χ3v) is 3.93. The summed E-state index contributed by atoms with van der Waals surface area (Å²) in [6.45, 7) is 1.28. The molecule has 0 saturated carbocycles. The molecule has 0 fully saturated rings. The van der Waals surface area contributed by atoms with Crippen LogP contribution in [-0.4, -0.2) is 24.8 Å². The molecule has 1 aromatic carbocycles. The molecule has 126 valence electrons. The second-order valence-electron chi connectivity index (χ2n) is 4.87. The van der Waals surface area contributed by atoms with E-state index in [2.05, 4.69) is 16.2 Å². The van der Waals surface area contributed by atoms with E-state index in [1.807, 2.05) is 0 Å². The van der Waals surface area contributed by atoms with Crippen LogP contribution in [0.5, 0.6) is 5.75 Å². The van der Waals surface area contributed by atoms with Crippen LogP contribution < -0.4 is 20.9 Å². The highest BCUT2D eigenvalue weighted by atomic mass is 32.1. The minimum Gasteiger partial charge on any atom is -0.497 e. The van der Waals surface area contributed by atoms with Gasteiger partial charge in [-0.05, 0) is 29.1 Å². The number of nitrogens with one attached hydrogen (secondary N) is 3. The van der Waals surface area contributed by atoms with E-state index >= 15 is 0 Å². The maximum absolute atomic E-state index is 12.1. The van der Waals surface area contributed by atoms with Crippen molar-refractivity contribution in [1.82, 2.24) is 10.9 Å². The number of amides is 3. The van der Waals surface area contributed by atoms with Crippen molar-refractivity contribution in [2.75, 3.05) is 12.4 Å². The molecule has 0 aliphatic carbocycles. The van der Waals surface area contributed by atoms with Crippen molar-refractivity contribution in [3.63, 3.8) is 0 Å². The topological polar surface area (TPSA) is 96.5 Å². The Kier molecular flexibility index (Phi) is 5.91. The fourth-order valence-electron chi connectivity index (χ4n) is 1.91. The van der Waals surface area contributed by atoms with E-state index in [1.54, 1.807) is 42.8 Å². The van der Waals surface area contributed by atoms with Gasteiger partial charge in [-0.2, -0.15) is 0 Å². The predicted molar refractivity (Wildman–Crippen MR) is 90.9 cm³/mol. The quantitative estimate of drug-likeness (QED) is 0.718. The van der Waals surface area contributed by atoms with Gasteiger partial charge in [-0.25, -0.2) is 0 Å². The maximum Gasteiger partial charge on any atom is 0.281 e. The maximum atomic E-state index is 12.1. The number of methoxy groups -OCH3 is 1. The summed E-state index contributed by atoms with van der Waals surface area (Å²) in [5, 5.41) is 4.39. The van der Waals surface area contributed by atoms with Gasteiger partial charge < -0.3 is 10.1 Å². The second-order valence-corrected chi connectivity index (χ2v) is 5.79. The lowest BCUT2D eigenvalue weighted by atomic mass is 10.1. The van der Waals surface area contributed by atoms with Gasteiger partial charge in [0.05, 0.1) is 19.2 Å². The van der Waals surface area contributed by atoms with Gasteiger partial charge in [-0.15, -0.1) is 11.3 Å². The van der Waals surface area contributed by atoms with E-state index < -0.39 is 5.91 Å². The van der Waals surface area contributed by atoms with Crippen LogP contribution in [0.15, 0.2) is 35.7 Å². The first kappa shape index (κ1) is 17.5. The summed E-state index contributed by atoms with van der Waals surface area (Å²) in [5.74, 6) is -0.397. The molecule has 0 unspecified atom stereocenters. The molecule has 3 N–H and O–H groups in total. The summed E-state index contributed by atoms with van der Waals surface area (Å²) >= 11 is 1.17. The zero-order valence-corrected chi connectivity index (χ0v) is 14.0. The summed E-state index contributed by atoms with van der Waals surface area (Å²) in [6.07, 6.45) is 0.173. The number of carbonyl (C=O) groups excluding carboxylic acids is 3. The molecular formula is C16H17N3O4S.